The lowest BCUT2D eigenvalue weighted by molar-refractivity contribution is 0.306. The van der Waals surface area contributed by atoms with E-state index in [2.05, 4.69) is 4.98 Å². The molecule has 1 heterocycles. The lowest BCUT2D eigenvalue weighted by atomic mass is 10.3. The third-order valence-electron chi connectivity index (χ3n) is 2.57. The van der Waals surface area contributed by atoms with Crippen molar-refractivity contribution in [1.82, 2.24) is 4.98 Å². The van der Waals surface area contributed by atoms with Crippen molar-refractivity contribution in [2.24, 2.45) is 0 Å². The summed E-state index contributed by atoms with van der Waals surface area (Å²) in [4.78, 5) is 4.29. The van der Waals surface area contributed by atoms with Gasteiger partial charge in [-0.1, -0.05) is 12.1 Å². The van der Waals surface area contributed by atoms with Crippen LogP contribution in [0.25, 0.3) is 0 Å². The van der Waals surface area contributed by atoms with Crippen LogP contribution in [0.3, 0.4) is 0 Å². The number of anilines is 1. The van der Waals surface area contributed by atoms with Crippen molar-refractivity contribution in [3.8, 4) is 5.75 Å². The summed E-state index contributed by atoms with van der Waals surface area (Å²) < 4.78 is 11.0. The fourth-order valence-electron chi connectivity index (χ4n) is 1.51. The number of nitrogens with zero attached hydrogens (tertiary/aromatic N) is 1. The largest absolute Gasteiger partial charge is 0.491 e. The van der Waals surface area contributed by atoms with Gasteiger partial charge in [0, 0.05) is 0 Å². The smallest absolute Gasteiger partial charge is 0.198 e. The van der Waals surface area contributed by atoms with Crippen LogP contribution in [0.2, 0.25) is 0 Å². The molecule has 4 heteroatoms. The van der Waals surface area contributed by atoms with E-state index in [-0.39, 0.29) is 0 Å². The van der Waals surface area contributed by atoms with Crippen molar-refractivity contribution in [1.29, 1.82) is 0 Å². The maximum absolute atomic E-state index is 5.76. The normalized spacial score (nSPS) is 10.5. The van der Waals surface area contributed by atoms with Crippen molar-refractivity contribution in [2.75, 3.05) is 12.3 Å². The summed E-state index contributed by atoms with van der Waals surface area (Å²) in [5.74, 6) is 2.27. The maximum atomic E-state index is 5.76. The van der Waals surface area contributed by atoms with Gasteiger partial charge in [0.25, 0.3) is 0 Å². The molecule has 4 nitrogen and oxygen atoms in total. The summed E-state index contributed by atoms with van der Waals surface area (Å²) in [6.07, 6.45) is 0.642. The molecule has 1 aromatic heterocycles. The van der Waals surface area contributed by atoms with Gasteiger partial charge in [0.15, 0.2) is 5.89 Å². The highest BCUT2D eigenvalue weighted by Crippen LogP contribution is 2.20. The Balaban J connectivity index is 1.90. The number of oxazole rings is 1. The first-order chi connectivity index (χ1) is 8.16. The lowest BCUT2D eigenvalue weighted by Gasteiger charge is -2.06. The summed E-state index contributed by atoms with van der Waals surface area (Å²) in [6, 6.07) is 7.43. The first-order valence-electron chi connectivity index (χ1n) is 5.57. The maximum Gasteiger partial charge on any atom is 0.198 e. The van der Waals surface area contributed by atoms with Gasteiger partial charge in [-0.15, -0.1) is 0 Å². The molecule has 0 aliphatic rings. The highest BCUT2D eigenvalue weighted by molar-refractivity contribution is 5.51. The van der Waals surface area contributed by atoms with Crippen LogP contribution in [0.1, 0.15) is 17.3 Å². The van der Waals surface area contributed by atoms with Crippen LogP contribution in [-0.2, 0) is 6.42 Å². The van der Waals surface area contributed by atoms with Gasteiger partial charge in [0.05, 0.1) is 24.4 Å². The molecular weight excluding hydrogens is 216 g/mol. The molecule has 2 N–H and O–H groups in total. The van der Waals surface area contributed by atoms with Gasteiger partial charge in [-0.25, -0.2) is 4.98 Å². The van der Waals surface area contributed by atoms with Crippen LogP contribution in [0.15, 0.2) is 28.7 Å². The first-order valence-corrected chi connectivity index (χ1v) is 5.57. The minimum atomic E-state index is 0.508. The van der Waals surface area contributed by atoms with Crippen LogP contribution in [-0.4, -0.2) is 11.6 Å². The molecule has 0 saturated heterocycles. The highest BCUT2D eigenvalue weighted by Gasteiger charge is 2.06. The average Bonchev–Trinajstić information content (AvgIpc) is 2.61. The second kappa shape index (κ2) is 4.91. The van der Waals surface area contributed by atoms with E-state index in [0.717, 1.165) is 11.5 Å². The number of benzene rings is 1. The Labute approximate surface area is 100 Å². The van der Waals surface area contributed by atoms with E-state index < -0.39 is 0 Å². The van der Waals surface area contributed by atoms with E-state index in [4.69, 9.17) is 14.9 Å². The monoisotopic (exact) mass is 232 g/mol. The number of aryl methyl sites for hydroxylation is 2. The quantitative estimate of drug-likeness (QED) is 0.823. The van der Waals surface area contributed by atoms with Gasteiger partial charge in [-0.05, 0) is 26.0 Å². The van der Waals surface area contributed by atoms with Gasteiger partial charge in [-0.2, -0.15) is 0 Å². The molecule has 0 bridgehead atoms. The molecule has 0 fully saturated rings. The molecule has 1 aromatic carbocycles. The SMILES string of the molecule is Cc1nc(CCOc2ccccc2N)oc1C. The van der Waals surface area contributed by atoms with Crippen LogP contribution in [0, 0.1) is 13.8 Å². The second-order valence-electron chi connectivity index (χ2n) is 3.89. The number of aromatic nitrogens is 1. The molecule has 0 unspecified atom stereocenters. The fourth-order valence-corrected chi connectivity index (χ4v) is 1.51. The summed E-state index contributed by atoms with van der Waals surface area (Å²) >= 11 is 0. The van der Waals surface area contributed by atoms with Gasteiger partial charge >= 0.3 is 0 Å². The predicted octanol–water partition coefficient (Wildman–Crippen LogP) is 2.50. The number of nitrogen functional groups attached to an aromatic ring is 1. The summed E-state index contributed by atoms with van der Waals surface area (Å²) in [6.45, 7) is 4.34. The Kier molecular flexibility index (Phi) is 3.32. The van der Waals surface area contributed by atoms with Crippen molar-refractivity contribution < 1.29 is 9.15 Å². The van der Waals surface area contributed by atoms with Gasteiger partial charge < -0.3 is 14.9 Å². The minimum absolute atomic E-state index is 0.508. The summed E-state index contributed by atoms with van der Waals surface area (Å²) in [7, 11) is 0. The molecule has 0 saturated carbocycles. The highest BCUT2D eigenvalue weighted by atomic mass is 16.5. The van der Waals surface area contributed by atoms with Crippen LogP contribution in [0.5, 0.6) is 5.75 Å². The minimum Gasteiger partial charge on any atom is -0.491 e. The average molecular weight is 232 g/mol. The molecule has 0 aliphatic heterocycles. The van der Waals surface area contributed by atoms with Crippen LogP contribution in [0.4, 0.5) is 5.69 Å². The number of nitrogens with two attached hydrogens (primary N) is 1. The molecule has 0 radical (unpaired) electrons. The fraction of sp³-hybridized carbons (Fsp3) is 0.308. The Hall–Kier alpha value is -1.97. The lowest BCUT2D eigenvalue weighted by Crippen LogP contribution is -2.03. The molecule has 2 rings (SSSR count). The molecule has 0 spiro atoms. The van der Waals surface area contributed by atoms with Crippen molar-refractivity contribution in [2.45, 2.75) is 20.3 Å². The number of ether oxygens (including phenoxy) is 1. The Morgan fingerprint density at radius 2 is 2.06 bits per heavy atom. The predicted molar refractivity (Wildman–Crippen MR) is 66.0 cm³/mol. The zero-order valence-electron chi connectivity index (χ0n) is 10.1. The first kappa shape index (κ1) is 11.5. The van der Waals surface area contributed by atoms with Gasteiger partial charge in [0.1, 0.15) is 11.5 Å². The Bertz CT molecular complexity index is 486. The van der Waals surface area contributed by atoms with E-state index in [1.807, 2.05) is 38.1 Å². The number of hydrogen-bond donors (Lipinski definition) is 1. The van der Waals surface area contributed by atoms with Crippen LogP contribution < -0.4 is 10.5 Å². The topological polar surface area (TPSA) is 61.3 Å². The van der Waals surface area contributed by atoms with Crippen LogP contribution >= 0.6 is 0 Å². The Morgan fingerprint density at radius 1 is 1.29 bits per heavy atom. The van der Waals surface area contributed by atoms with E-state index in [0.29, 0.717) is 30.4 Å². The second-order valence-corrected chi connectivity index (χ2v) is 3.89. The molecule has 0 amide bonds. The van der Waals surface area contributed by atoms with E-state index in [9.17, 15) is 0 Å². The number of rotatable bonds is 4. The number of hydrogen-bond acceptors (Lipinski definition) is 4. The van der Waals surface area contributed by atoms with E-state index in [1.165, 1.54) is 0 Å². The third-order valence-corrected chi connectivity index (χ3v) is 2.57. The summed E-state index contributed by atoms with van der Waals surface area (Å²) in [5, 5.41) is 0. The Morgan fingerprint density at radius 3 is 2.71 bits per heavy atom. The zero-order chi connectivity index (χ0) is 12.3. The summed E-state index contributed by atoms with van der Waals surface area (Å²) in [5.41, 5.74) is 7.34. The standard InChI is InChI=1S/C13H16N2O2/c1-9-10(2)17-13(15-9)7-8-16-12-6-4-3-5-11(12)14/h3-6H,7-8,14H2,1-2H3. The van der Waals surface area contributed by atoms with E-state index in [1.54, 1.807) is 0 Å². The van der Waals surface area contributed by atoms with E-state index >= 15 is 0 Å². The van der Waals surface area contributed by atoms with Crippen molar-refractivity contribution in [3.63, 3.8) is 0 Å². The molecular formula is C13H16N2O2. The molecule has 0 aliphatic carbocycles. The van der Waals surface area contributed by atoms with Gasteiger partial charge in [0.2, 0.25) is 0 Å². The van der Waals surface area contributed by atoms with Crippen molar-refractivity contribution >= 4 is 5.69 Å². The molecule has 90 valence electrons. The molecule has 17 heavy (non-hydrogen) atoms. The third kappa shape index (κ3) is 2.78. The van der Waals surface area contributed by atoms with Crippen molar-refractivity contribution in [3.05, 3.63) is 41.6 Å². The zero-order valence-corrected chi connectivity index (χ0v) is 10.1. The van der Waals surface area contributed by atoms with Gasteiger partial charge in [-0.3, -0.25) is 0 Å². The molecule has 0 atom stereocenters. The number of para-hydroxylation sites is 2. The molecule has 2 aromatic rings.